The first-order chi connectivity index (χ1) is 9.40. The molecule has 20 heavy (non-hydrogen) atoms. The van der Waals surface area contributed by atoms with Gasteiger partial charge in [-0.15, -0.1) is 0 Å². The first kappa shape index (κ1) is 16.5. The maximum Gasteiger partial charge on any atom is 0.256 e. The van der Waals surface area contributed by atoms with E-state index >= 15 is 0 Å². The predicted octanol–water partition coefficient (Wildman–Crippen LogP) is 6.14. The molecule has 2 nitrogen and oxygen atoms in total. The lowest BCUT2D eigenvalue weighted by molar-refractivity contribution is 0.102. The number of nitrogens with one attached hydrogen (secondary N) is 1. The summed E-state index contributed by atoms with van der Waals surface area (Å²) in [6, 6.07) is 9.48. The third-order valence-corrected chi connectivity index (χ3v) is 5.82. The fourth-order valence-electron chi connectivity index (χ4n) is 1.67. The second kappa shape index (κ2) is 6.89. The van der Waals surface area contributed by atoms with Gasteiger partial charge in [0.2, 0.25) is 0 Å². The Hall–Kier alpha value is 0.0800. The molecule has 0 unspecified atom stereocenters. The molecule has 2 aromatic rings. The molecule has 0 bridgehead atoms. The second-order valence-corrected chi connectivity index (χ2v) is 7.84. The lowest BCUT2D eigenvalue weighted by Gasteiger charge is -2.12. The van der Waals surface area contributed by atoms with E-state index in [1.54, 1.807) is 0 Å². The molecule has 0 saturated carbocycles. The molecular formula is C14H9Br3INO. The number of anilines is 1. The molecular weight excluding hydrogens is 565 g/mol. The maximum atomic E-state index is 12.4. The average Bonchev–Trinajstić information content (AvgIpc) is 2.36. The molecule has 0 spiro atoms. The Morgan fingerprint density at radius 2 is 1.75 bits per heavy atom. The Kier molecular flexibility index (Phi) is 5.67. The van der Waals surface area contributed by atoms with Crippen LogP contribution in [0, 0.1) is 10.5 Å². The van der Waals surface area contributed by atoms with Gasteiger partial charge in [-0.2, -0.15) is 0 Å². The first-order valence-corrected chi connectivity index (χ1v) is 9.07. The number of carbonyl (C=O) groups is 1. The molecule has 2 rings (SSSR count). The predicted molar refractivity (Wildman–Crippen MR) is 101 cm³/mol. The van der Waals surface area contributed by atoms with Crippen molar-refractivity contribution in [3.05, 3.63) is 58.4 Å². The van der Waals surface area contributed by atoms with E-state index in [1.807, 2.05) is 37.3 Å². The van der Waals surface area contributed by atoms with Crippen molar-refractivity contribution in [2.75, 3.05) is 5.32 Å². The van der Waals surface area contributed by atoms with Crippen LogP contribution in [-0.2, 0) is 0 Å². The van der Waals surface area contributed by atoms with Crippen LogP contribution in [0.2, 0.25) is 0 Å². The number of hydrogen-bond acceptors (Lipinski definition) is 1. The number of amides is 1. The number of halogens is 4. The highest BCUT2D eigenvalue weighted by Gasteiger charge is 2.15. The van der Waals surface area contributed by atoms with Gasteiger partial charge in [-0.25, -0.2) is 0 Å². The molecule has 104 valence electrons. The van der Waals surface area contributed by atoms with Gasteiger partial charge >= 0.3 is 0 Å². The molecule has 0 saturated heterocycles. The minimum atomic E-state index is -0.123. The van der Waals surface area contributed by atoms with E-state index in [2.05, 4.69) is 75.7 Å². The van der Waals surface area contributed by atoms with Crippen LogP contribution in [0.25, 0.3) is 0 Å². The number of hydrogen-bond donors (Lipinski definition) is 1. The zero-order valence-electron chi connectivity index (χ0n) is 10.3. The van der Waals surface area contributed by atoms with Gasteiger partial charge in [0.25, 0.3) is 5.91 Å². The van der Waals surface area contributed by atoms with Gasteiger partial charge in [0, 0.05) is 17.0 Å². The zero-order valence-corrected chi connectivity index (χ0v) is 17.2. The Morgan fingerprint density at radius 3 is 2.35 bits per heavy atom. The van der Waals surface area contributed by atoms with E-state index in [0.717, 1.165) is 28.2 Å². The van der Waals surface area contributed by atoms with Crippen molar-refractivity contribution in [3.63, 3.8) is 0 Å². The van der Waals surface area contributed by atoms with E-state index in [4.69, 9.17) is 0 Å². The normalized spacial score (nSPS) is 10.4. The standard InChI is InChI=1S/C14H9Br3INO/c1-7-3-2-4-9(12(7)18)14(20)19-13-10(16)5-8(15)6-11(13)17/h2-6H,1H3,(H,19,20). The van der Waals surface area contributed by atoms with Crippen LogP contribution < -0.4 is 5.32 Å². The van der Waals surface area contributed by atoms with Gasteiger partial charge in [0.1, 0.15) is 0 Å². The Labute approximate surface area is 156 Å². The summed E-state index contributed by atoms with van der Waals surface area (Å²) in [5.41, 5.74) is 2.48. The van der Waals surface area contributed by atoms with Crippen molar-refractivity contribution < 1.29 is 4.79 Å². The third-order valence-electron chi connectivity index (χ3n) is 2.68. The van der Waals surface area contributed by atoms with E-state index in [1.165, 1.54) is 0 Å². The number of benzene rings is 2. The Bertz CT molecular complexity index is 665. The van der Waals surface area contributed by atoms with E-state index in [9.17, 15) is 4.79 Å². The summed E-state index contributed by atoms with van der Waals surface area (Å²) in [6.07, 6.45) is 0. The largest absolute Gasteiger partial charge is 0.320 e. The summed E-state index contributed by atoms with van der Waals surface area (Å²) in [5, 5.41) is 2.93. The summed E-state index contributed by atoms with van der Waals surface area (Å²) in [4.78, 5) is 12.4. The van der Waals surface area contributed by atoms with Gasteiger partial charge in [-0.1, -0.05) is 28.1 Å². The first-order valence-electron chi connectivity index (χ1n) is 5.61. The summed E-state index contributed by atoms with van der Waals surface area (Å²) in [5.74, 6) is -0.123. The van der Waals surface area contributed by atoms with Gasteiger partial charge < -0.3 is 5.32 Å². The minimum Gasteiger partial charge on any atom is -0.320 e. The molecule has 0 aliphatic carbocycles. The lowest BCUT2D eigenvalue weighted by Crippen LogP contribution is -2.14. The molecule has 0 atom stereocenters. The maximum absolute atomic E-state index is 12.4. The molecule has 0 fully saturated rings. The molecule has 0 aliphatic heterocycles. The van der Waals surface area contributed by atoms with Crippen molar-refractivity contribution in [2.24, 2.45) is 0 Å². The summed E-state index contributed by atoms with van der Waals surface area (Å²) < 4.78 is 3.52. The van der Waals surface area contributed by atoms with Crippen molar-refractivity contribution in [3.8, 4) is 0 Å². The summed E-state index contributed by atoms with van der Waals surface area (Å²) in [6.45, 7) is 1.99. The molecule has 6 heteroatoms. The highest BCUT2D eigenvalue weighted by atomic mass is 127. The van der Waals surface area contributed by atoms with Crippen LogP contribution in [0.3, 0.4) is 0 Å². The van der Waals surface area contributed by atoms with E-state index < -0.39 is 0 Å². The van der Waals surface area contributed by atoms with Crippen LogP contribution in [0.15, 0.2) is 43.7 Å². The van der Waals surface area contributed by atoms with Gasteiger partial charge in [-0.05, 0) is 85.1 Å². The van der Waals surface area contributed by atoms with Crippen molar-refractivity contribution in [1.29, 1.82) is 0 Å². The molecule has 0 heterocycles. The zero-order chi connectivity index (χ0) is 14.9. The Balaban J connectivity index is 2.36. The van der Waals surface area contributed by atoms with Gasteiger partial charge in [-0.3, -0.25) is 4.79 Å². The molecule has 1 amide bonds. The SMILES string of the molecule is Cc1cccc(C(=O)Nc2c(Br)cc(Br)cc2Br)c1I. The van der Waals surface area contributed by atoms with Crippen molar-refractivity contribution in [2.45, 2.75) is 6.92 Å². The fourth-order valence-corrected chi connectivity index (χ4v) is 4.73. The topological polar surface area (TPSA) is 29.1 Å². The number of carbonyl (C=O) groups excluding carboxylic acids is 1. The molecule has 2 aromatic carbocycles. The second-order valence-electron chi connectivity index (χ2n) is 4.14. The monoisotopic (exact) mass is 571 g/mol. The third kappa shape index (κ3) is 3.64. The summed E-state index contributed by atoms with van der Waals surface area (Å²) in [7, 11) is 0. The molecule has 0 aromatic heterocycles. The highest BCUT2D eigenvalue weighted by Crippen LogP contribution is 2.34. The van der Waals surface area contributed by atoms with Crippen molar-refractivity contribution in [1.82, 2.24) is 0 Å². The van der Waals surface area contributed by atoms with E-state index in [-0.39, 0.29) is 5.91 Å². The van der Waals surface area contributed by atoms with Gasteiger partial charge in [0.15, 0.2) is 0 Å². The minimum absolute atomic E-state index is 0.123. The van der Waals surface area contributed by atoms with Crippen LogP contribution in [0.4, 0.5) is 5.69 Å². The molecule has 0 radical (unpaired) electrons. The molecule has 0 aliphatic rings. The highest BCUT2D eigenvalue weighted by molar-refractivity contribution is 14.1. The van der Waals surface area contributed by atoms with Crippen LogP contribution in [-0.4, -0.2) is 5.91 Å². The smallest absolute Gasteiger partial charge is 0.256 e. The average molecular weight is 574 g/mol. The van der Waals surface area contributed by atoms with Crippen LogP contribution in [0.5, 0.6) is 0 Å². The Morgan fingerprint density at radius 1 is 1.15 bits per heavy atom. The van der Waals surface area contributed by atoms with Crippen LogP contribution in [0.1, 0.15) is 15.9 Å². The number of rotatable bonds is 2. The lowest BCUT2D eigenvalue weighted by atomic mass is 10.1. The fraction of sp³-hybridized carbons (Fsp3) is 0.0714. The summed E-state index contributed by atoms with van der Waals surface area (Å²) >= 11 is 12.5. The quantitative estimate of drug-likeness (QED) is 0.430. The van der Waals surface area contributed by atoms with E-state index in [0.29, 0.717) is 5.56 Å². The van der Waals surface area contributed by atoms with Crippen molar-refractivity contribution >= 4 is 82.0 Å². The van der Waals surface area contributed by atoms with Gasteiger partial charge in [0.05, 0.1) is 11.3 Å². The molecule has 1 N–H and O–H groups in total. The van der Waals surface area contributed by atoms with Crippen LogP contribution >= 0.6 is 70.4 Å². The number of aryl methyl sites for hydroxylation is 1.